The number of hydrogen-bond acceptors (Lipinski definition) is 2. The molecule has 0 aromatic carbocycles. The number of rotatable bonds is 11. The van der Waals surface area contributed by atoms with Crippen LogP contribution in [0.4, 0.5) is 0 Å². The van der Waals surface area contributed by atoms with Crippen LogP contribution in [-0.4, -0.2) is 14.9 Å². The van der Waals surface area contributed by atoms with Gasteiger partial charge >= 0.3 is 11.4 Å². The Morgan fingerprint density at radius 3 is 2.12 bits per heavy atom. The standard InChI is InChI=1S/C12H26O3S/c1-3-5-7-8-9-11-12(10-6-4-2)15-16(13)14/h12H,3-11H2,1-2H3,(H,13,14). The minimum absolute atomic E-state index is 0.0348. The van der Waals surface area contributed by atoms with Gasteiger partial charge in [-0.3, -0.25) is 8.74 Å². The second kappa shape index (κ2) is 11.6. The molecule has 0 saturated heterocycles. The average molecular weight is 250 g/mol. The van der Waals surface area contributed by atoms with Gasteiger partial charge in [0.05, 0.1) is 6.10 Å². The minimum atomic E-state index is -2.11. The summed E-state index contributed by atoms with van der Waals surface area (Å²) < 4.78 is 24.3. The van der Waals surface area contributed by atoms with Crippen LogP contribution in [0.25, 0.3) is 0 Å². The zero-order valence-electron chi connectivity index (χ0n) is 10.6. The quantitative estimate of drug-likeness (QED) is 0.444. The lowest BCUT2D eigenvalue weighted by Gasteiger charge is -2.14. The van der Waals surface area contributed by atoms with E-state index >= 15 is 0 Å². The van der Waals surface area contributed by atoms with Gasteiger partial charge in [-0.2, -0.15) is 4.21 Å². The fourth-order valence-electron chi connectivity index (χ4n) is 1.76. The van der Waals surface area contributed by atoms with Crippen molar-refractivity contribution in [3.63, 3.8) is 0 Å². The molecule has 16 heavy (non-hydrogen) atoms. The van der Waals surface area contributed by atoms with Crippen LogP contribution in [0, 0.1) is 0 Å². The predicted molar refractivity (Wildman–Crippen MR) is 68.5 cm³/mol. The van der Waals surface area contributed by atoms with Gasteiger partial charge in [0, 0.05) is 0 Å². The molecule has 0 fully saturated rings. The van der Waals surface area contributed by atoms with E-state index in [-0.39, 0.29) is 6.10 Å². The lowest BCUT2D eigenvalue weighted by Crippen LogP contribution is -2.14. The van der Waals surface area contributed by atoms with E-state index in [1.165, 1.54) is 25.7 Å². The van der Waals surface area contributed by atoms with E-state index in [0.717, 1.165) is 32.1 Å². The Hall–Kier alpha value is 0.0700. The van der Waals surface area contributed by atoms with E-state index in [9.17, 15) is 4.21 Å². The largest absolute Gasteiger partial charge is 0.302 e. The molecule has 0 bridgehead atoms. The molecule has 0 spiro atoms. The van der Waals surface area contributed by atoms with Crippen molar-refractivity contribution >= 4 is 11.4 Å². The second-order valence-corrected chi connectivity index (χ2v) is 4.91. The molecule has 3 nitrogen and oxygen atoms in total. The van der Waals surface area contributed by atoms with Gasteiger partial charge in [0.25, 0.3) is 0 Å². The van der Waals surface area contributed by atoms with Crippen LogP contribution in [0.1, 0.15) is 71.6 Å². The Balaban J connectivity index is 3.60. The van der Waals surface area contributed by atoms with Crippen LogP contribution in [0.3, 0.4) is 0 Å². The SMILES string of the molecule is CCCCCCCC(CCCC)OS(=O)O. The Morgan fingerprint density at radius 1 is 1.00 bits per heavy atom. The van der Waals surface area contributed by atoms with Gasteiger partial charge < -0.3 is 0 Å². The zero-order chi connectivity index (χ0) is 12.2. The van der Waals surface area contributed by atoms with Gasteiger partial charge in [-0.05, 0) is 12.8 Å². The molecule has 1 N–H and O–H groups in total. The Bertz CT molecular complexity index is 174. The van der Waals surface area contributed by atoms with Gasteiger partial charge in [-0.25, -0.2) is 0 Å². The van der Waals surface area contributed by atoms with Crippen molar-refractivity contribution < 1.29 is 12.9 Å². The summed E-state index contributed by atoms with van der Waals surface area (Å²) in [7, 11) is 0. The third-order valence-corrected chi connectivity index (χ3v) is 3.16. The Labute approximate surface area is 102 Å². The van der Waals surface area contributed by atoms with Gasteiger partial charge in [0.15, 0.2) is 0 Å². The van der Waals surface area contributed by atoms with Crippen molar-refractivity contribution in [1.82, 2.24) is 0 Å². The zero-order valence-corrected chi connectivity index (χ0v) is 11.4. The van der Waals surface area contributed by atoms with Crippen molar-refractivity contribution in [1.29, 1.82) is 0 Å². The molecule has 0 aromatic rings. The Morgan fingerprint density at radius 2 is 1.56 bits per heavy atom. The first-order valence-corrected chi connectivity index (χ1v) is 7.51. The molecular formula is C12H26O3S. The smallest absolute Gasteiger partial charge is 0.284 e. The molecule has 4 heteroatoms. The summed E-state index contributed by atoms with van der Waals surface area (Å²) in [4.78, 5) is 0. The maximum absolute atomic E-state index is 10.6. The normalized spacial score (nSPS) is 14.9. The molecule has 2 unspecified atom stereocenters. The van der Waals surface area contributed by atoms with Crippen LogP contribution in [0.2, 0.25) is 0 Å². The topological polar surface area (TPSA) is 46.5 Å². The number of unbranched alkanes of at least 4 members (excludes halogenated alkanes) is 5. The molecule has 0 aliphatic carbocycles. The fraction of sp³-hybridized carbons (Fsp3) is 1.00. The van der Waals surface area contributed by atoms with Crippen molar-refractivity contribution in [2.24, 2.45) is 0 Å². The molecule has 0 amide bonds. The van der Waals surface area contributed by atoms with E-state index < -0.39 is 11.4 Å². The van der Waals surface area contributed by atoms with E-state index in [1.54, 1.807) is 0 Å². The fourth-order valence-corrected chi connectivity index (χ4v) is 2.19. The molecule has 0 saturated carbocycles. The van der Waals surface area contributed by atoms with Crippen LogP contribution in [0.5, 0.6) is 0 Å². The van der Waals surface area contributed by atoms with Crippen molar-refractivity contribution in [3.8, 4) is 0 Å². The van der Waals surface area contributed by atoms with Gasteiger partial charge in [-0.15, -0.1) is 0 Å². The summed E-state index contributed by atoms with van der Waals surface area (Å²) in [5, 5.41) is 0. The summed E-state index contributed by atoms with van der Waals surface area (Å²) in [6.45, 7) is 4.32. The maximum atomic E-state index is 10.6. The summed E-state index contributed by atoms with van der Waals surface area (Å²) in [6.07, 6.45) is 10.1. The van der Waals surface area contributed by atoms with Crippen molar-refractivity contribution in [2.75, 3.05) is 0 Å². The third kappa shape index (κ3) is 10.6. The highest BCUT2D eigenvalue weighted by molar-refractivity contribution is 7.74. The van der Waals surface area contributed by atoms with Crippen LogP contribution in [-0.2, 0) is 15.5 Å². The van der Waals surface area contributed by atoms with Crippen LogP contribution in [0.15, 0.2) is 0 Å². The lowest BCUT2D eigenvalue weighted by molar-refractivity contribution is 0.176. The maximum Gasteiger partial charge on any atom is 0.302 e. The first-order chi connectivity index (χ1) is 7.70. The second-order valence-electron chi connectivity index (χ2n) is 4.28. The summed E-state index contributed by atoms with van der Waals surface area (Å²) in [5.41, 5.74) is 0. The molecule has 0 aliphatic heterocycles. The monoisotopic (exact) mass is 250 g/mol. The average Bonchev–Trinajstić information content (AvgIpc) is 2.24. The molecule has 98 valence electrons. The highest BCUT2D eigenvalue weighted by Crippen LogP contribution is 2.15. The van der Waals surface area contributed by atoms with E-state index in [2.05, 4.69) is 13.8 Å². The molecule has 0 radical (unpaired) electrons. The molecule has 0 rings (SSSR count). The van der Waals surface area contributed by atoms with E-state index in [0.29, 0.717) is 0 Å². The molecule has 0 aromatic heterocycles. The van der Waals surface area contributed by atoms with Gasteiger partial charge in [0.1, 0.15) is 0 Å². The van der Waals surface area contributed by atoms with Crippen LogP contribution >= 0.6 is 0 Å². The van der Waals surface area contributed by atoms with Gasteiger partial charge in [-0.1, -0.05) is 58.8 Å². The Kier molecular flexibility index (Phi) is 11.6. The molecule has 0 heterocycles. The van der Waals surface area contributed by atoms with Crippen molar-refractivity contribution in [2.45, 2.75) is 77.7 Å². The summed E-state index contributed by atoms with van der Waals surface area (Å²) >= 11 is -2.11. The van der Waals surface area contributed by atoms with Crippen LogP contribution < -0.4 is 0 Å². The van der Waals surface area contributed by atoms with Crippen molar-refractivity contribution in [3.05, 3.63) is 0 Å². The third-order valence-electron chi connectivity index (χ3n) is 2.73. The molecule has 0 aliphatic rings. The first kappa shape index (κ1) is 16.1. The predicted octanol–water partition coefficient (Wildman–Crippen LogP) is 4.06. The highest BCUT2D eigenvalue weighted by atomic mass is 32.2. The number of hydrogen-bond donors (Lipinski definition) is 1. The lowest BCUT2D eigenvalue weighted by atomic mass is 10.0. The molecule has 2 atom stereocenters. The summed E-state index contributed by atoms with van der Waals surface area (Å²) in [5.74, 6) is 0. The van der Waals surface area contributed by atoms with E-state index in [1.807, 2.05) is 0 Å². The minimum Gasteiger partial charge on any atom is -0.284 e. The van der Waals surface area contributed by atoms with Gasteiger partial charge in [0.2, 0.25) is 0 Å². The summed E-state index contributed by atoms with van der Waals surface area (Å²) in [6, 6.07) is 0. The molecular weight excluding hydrogens is 224 g/mol. The first-order valence-electron chi connectivity index (χ1n) is 6.48. The highest BCUT2D eigenvalue weighted by Gasteiger charge is 2.11. The van der Waals surface area contributed by atoms with E-state index in [4.69, 9.17) is 8.74 Å².